The van der Waals surface area contributed by atoms with Gasteiger partial charge in [-0.3, -0.25) is 9.52 Å². The maximum absolute atomic E-state index is 12.5. The maximum atomic E-state index is 12.5. The van der Waals surface area contributed by atoms with Gasteiger partial charge in [0.1, 0.15) is 0 Å². The van der Waals surface area contributed by atoms with Gasteiger partial charge in [-0.2, -0.15) is 11.3 Å². The van der Waals surface area contributed by atoms with Crippen LogP contribution in [-0.4, -0.2) is 38.8 Å². The highest BCUT2D eigenvalue weighted by Crippen LogP contribution is 2.17. The number of nitrogens with zero attached hydrogens (tertiary/aromatic N) is 1. The van der Waals surface area contributed by atoms with Crippen molar-refractivity contribution in [2.75, 3.05) is 18.4 Å². The number of carbonyl (C=O) groups excluding carboxylic acids is 2. The zero-order chi connectivity index (χ0) is 22.4. The first-order valence-corrected chi connectivity index (χ1v) is 11.8. The van der Waals surface area contributed by atoms with E-state index in [2.05, 4.69) is 4.72 Å². The molecule has 2 aromatic carbocycles. The number of hydrogen-bond acceptors (Lipinski definition) is 6. The summed E-state index contributed by atoms with van der Waals surface area (Å²) in [5, 5.41) is 3.87. The number of esters is 1. The van der Waals surface area contributed by atoms with Crippen LogP contribution in [0.3, 0.4) is 0 Å². The third-order valence-corrected chi connectivity index (χ3v) is 6.59. The van der Waals surface area contributed by atoms with Crippen LogP contribution in [0.15, 0.2) is 70.3 Å². The number of sulfonamides is 1. The highest BCUT2D eigenvalue weighted by atomic mass is 32.2. The van der Waals surface area contributed by atoms with E-state index in [1.807, 2.05) is 23.8 Å². The van der Waals surface area contributed by atoms with E-state index in [1.54, 1.807) is 42.6 Å². The van der Waals surface area contributed by atoms with Crippen molar-refractivity contribution in [3.05, 3.63) is 82.0 Å². The Morgan fingerprint density at radius 1 is 1.03 bits per heavy atom. The van der Waals surface area contributed by atoms with Crippen molar-refractivity contribution in [1.82, 2.24) is 4.90 Å². The molecule has 0 bridgehead atoms. The number of amides is 1. The van der Waals surface area contributed by atoms with Gasteiger partial charge in [0, 0.05) is 19.3 Å². The molecule has 0 saturated carbocycles. The number of likely N-dealkylation sites (N-methyl/N-ethyl adjacent to an activating group) is 1. The fourth-order valence-corrected chi connectivity index (χ4v) is 4.39. The van der Waals surface area contributed by atoms with Crippen LogP contribution in [0.1, 0.15) is 21.5 Å². The van der Waals surface area contributed by atoms with E-state index in [-0.39, 0.29) is 16.4 Å². The molecule has 162 valence electrons. The number of nitrogens with one attached hydrogen (secondary N) is 1. The summed E-state index contributed by atoms with van der Waals surface area (Å²) in [5.41, 5.74) is 2.62. The lowest BCUT2D eigenvalue weighted by Gasteiger charge is -2.16. The lowest BCUT2D eigenvalue weighted by molar-refractivity contribution is -0.133. The molecule has 1 N–H and O–H groups in total. The Balaban J connectivity index is 1.56. The van der Waals surface area contributed by atoms with Crippen LogP contribution in [0.5, 0.6) is 0 Å². The normalized spacial score (nSPS) is 11.0. The van der Waals surface area contributed by atoms with Crippen molar-refractivity contribution in [3.8, 4) is 0 Å². The van der Waals surface area contributed by atoms with E-state index >= 15 is 0 Å². The van der Waals surface area contributed by atoms with Crippen molar-refractivity contribution < 1.29 is 22.7 Å². The molecule has 0 unspecified atom stereocenters. The molecular weight excluding hydrogens is 436 g/mol. The molecular formula is C22H22N2O5S2. The summed E-state index contributed by atoms with van der Waals surface area (Å²) in [6.07, 6.45) is 0. The molecule has 0 atom stereocenters. The Morgan fingerprint density at radius 3 is 2.32 bits per heavy atom. The topological polar surface area (TPSA) is 92.8 Å². The van der Waals surface area contributed by atoms with Gasteiger partial charge >= 0.3 is 5.97 Å². The smallest absolute Gasteiger partial charge is 0.338 e. The van der Waals surface area contributed by atoms with E-state index in [0.29, 0.717) is 12.2 Å². The number of aryl methyl sites for hydroxylation is 1. The van der Waals surface area contributed by atoms with E-state index < -0.39 is 22.6 Å². The van der Waals surface area contributed by atoms with Gasteiger partial charge in [-0.15, -0.1) is 0 Å². The number of benzene rings is 2. The molecule has 3 aromatic rings. The second-order valence-electron chi connectivity index (χ2n) is 6.95. The van der Waals surface area contributed by atoms with E-state index in [4.69, 9.17) is 4.74 Å². The molecule has 1 heterocycles. The first kappa shape index (κ1) is 22.5. The number of hydrogen-bond donors (Lipinski definition) is 1. The summed E-state index contributed by atoms with van der Waals surface area (Å²) >= 11 is 1.54. The third-order valence-electron chi connectivity index (χ3n) is 4.46. The highest BCUT2D eigenvalue weighted by molar-refractivity contribution is 7.92. The number of rotatable bonds is 8. The van der Waals surface area contributed by atoms with Gasteiger partial charge in [0.25, 0.3) is 15.9 Å². The number of thiophene rings is 1. The molecule has 0 aliphatic heterocycles. The average molecular weight is 459 g/mol. The molecule has 0 spiro atoms. The van der Waals surface area contributed by atoms with Crippen LogP contribution in [0.4, 0.5) is 5.69 Å². The summed E-state index contributed by atoms with van der Waals surface area (Å²) in [6, 6.07) is 14.2. The third kappa shape index (κ3) is 6.16. The first-order valence-electron chi connectivity index (χ1n) is 9.36. The van der Waals surface area contributed by atoms with Crippen molar-refractivity contribution in [3.63, 3.8) is 0 Å². The van der Waals surface area contributed by atoms with Gasteiger partial charge in [-0.25, -0.2) is 13.2 Å². The van der Waals surface area contributed by atoms with E-state index in [9.17, 15) is 18.0 Å². The maximum Gasteiger partial charge on any atom is 0.338 e. The Bertz CT molecular complexity index is 1140. The average Bonchev–Trinajstić information content (AvgIpc) is 3.26. The van der Waals surface area contributed by atoms with Crippen LogP contribution in [0.25, 0.3) is 0 Å². The molecule has 31 heavy (non-hydrogen) atoms. The molecule has 1 aromatic heterocycles. The van der Waals surface area contributed by atoms with Crippen molar-refractivity contribution in [1.29, 1.82) is 0 Å². The molecule has 0 radical (unpaired) electrons. The second kappa shape index (κ2) is 9.76. The minimum absolute atomic E-state index is 0.0104. The zero-order valence-corrected chi connectivity index (χ0v) is 18.7. The molecule has 0 fully saturated rings. The minimum Gasteiger partial charge on any atom is -0.452 e. The summed E-state index contributed by atoms with van der Waals surface area (Å²) in [4.78, 5) is 25.9. The molecule has 7 nitrogen and oxygen atoms in total. The lowest BCUT2D eigenvalue weighted by atomic mass is 10.2. The van der Waals surface area contributed by atoms with Crippen molar-refractivity contribution in [2.24, 2.45) is 0 Å². The molecule has 0 saturated heterocycles. The number of ether oxygens (including phenoxy) is 1. The lowest BCUT2D eigenvalue weighted by Crippen LogP contribution is -2.30. The Morgan fingerprint density at radius 2 is 1.71 bits per heavy atom. The minimum atomic E-state index is -3.79. The Kier molecular flexibility index (Phi) is 7.09. The number of carbonyl (C=O) groups is 2. The molecule has 1 amide bonds. The van der Waals surface area contributed by atoms with Crippen molar-refractivity contribution in [2.45, 2.75) is 18.4 Å². The second-order valence-corrected chi connectivity index (χ2v) is 9.42. The fraction of sp³-hybridized carbons (Fsp3) is 0.182. The zero-order valence-electron chi connectivity index (χ0n) is 17.1. The predicted molar refractivity (Wildman–Crippen MR) is 120 cm³/mol. The van der Waals surface area contributed by atoms with Gasteiger partial charge in [-0.1, -0.05) is 17.7 Å². The van der Waals surface area contributed by atoms with Gasteiger partial charge in [0.05, 0.1) is 10.5 Å². The molecule has 3 rings (SSSR count). The largest absolute Gasteiger partial charge is 0.452 e. The van der Waals surface area contributed by atoms with Gasteiger partial charge in [0.2, 0.25) is 0 Å². The SMILES string of the molecule is Cc1ccc(NS(=O)(=O)c2ccc(C(=O)OCC(=O)N(C)Cc3ccsc3)cc2)cc1. The van der Waals surface area contributed by atoms with Crippen LogP contribution in [0.2, 0.25) is 0 Å². The highest BCUT2D eigenvalue weighted by Gasteiger charge is 2.17. The van der Waals surface area contributed by atoms with E-state index in [0.717, 1.165) is 11.1 Å². The Labute approximate surface area is 185 Å². The van der Waals surface area contributed by atoms with E-state index in [1.165, 1.54) is 29.2 Å². The van der Waals surface area contributed by atoms with Crippen LogP contribution < -0.4 is 4.72 Å². The standard InChI is InChI=1S/C22H22N2O5S2/c1-16-3-7-19(8-4-16)23-31(27,28)20-9-5-18(6-10-20)22(26)29-14-21(25)24(2)13-17-11-12-30-15-17/h3-12,15,23H,13-14H2,1-2H3. The van der Waals surface area contributed by atoms with Crippen LogP contribution in [0, 0.1) is 6.92 Å². The predicted octanol–water partition coefficient (Wildman–Crippen LogP) is 3.67. The quantitative estimate of drug-likeness (QED) is 0.520. The molecule has 0 aliphatic carbocycles. The summed E-state index contributed by atoms with van der Waals surface area (Å²) in [5.74, 6) is -1.03. The van der Waals surface area contributed by atoms with Crippen molar-refractivity contribution >= 4 is 38.9 Å². The first-order chi connectivity index (χ1) is 14.7. The molecule has 0 aliphatic rings. The van der Waals surface area contributed by atoms with Gasteiger partial charge in [-0.05, 0) is 65.7 Å². The van der Waals surface area contributed by atoms with Gasteiger partial charge < -0.3 is 9.64 Å². The van der Waals surface area contributed by atoms with Gasteiger partial charge in [0.15, 0.2) is 6.61 Å². The summed E-state index contributed by atoms with van der Waals surface area (Å²) in [6.45, 7) is 1.94. The van der Waals surface area contributed by atoms with Crippen LogP contribution in [-0.2, 0) is 26.1 Å². The summed E-state index contributed by atoms with van der Waals surface area (Å²) < 4.78 is 32.6. The fourth-order valence-electron chi connectivity index (χ4n) is 2.67. The Hall–Kier alpha value is -3.17. The number of anilines is 1. The van der Waals surface area contributed by atoms with Crippen LogP contribution >= 0.6 is 11.3 Å². The summed E-state index contributed by atoms with van der Waals surface area (Å²) in [7, 11) is -2.16. The monoisotopic (exact) mass is 458 g/mol. The molecule has 9 heteroatoms.